The maximum absolute atomic E-state index is 9.69. The van der Waals surface area contributed by atoms with Gasteiger partial charge in [0.2, 0.25) is 0 Å². The summed E-state index contributed by atoms with van der Waals surface area (Å²) < 4.78 is 0. The van der Waals surface area contributed by atoms with Crippen LogP contribution in [-0.4, -0.2) is 41.8 Å². The molecule has 1 atom stereocenters. The van der Waals surface area contributed by atoms with Crippen LogP contribution in [0, 0.1) is 0 Å². The molecule has 1 saturated carbocycles. The van der Waals surface area contributed by atoms with Gasteiger partial charge in [-0.1, -0.05) is 6.42 Å². The summed E-state index contributed by atoms with van der Waals surface area (Å²) >= 11 is 0. The number of nitrogens with zero attached hydrogens (tertiary/aromatic N) is 1. The van der Waals surface area contributed by atoms with Gasteiger partial charge in [0.15, 0.2) is 0 Å². The van der Waals surface area contributed by atoms with Gasteiger partial charge in [0, 0.05) is 19.1 Å². The van der Waals surface area contributed by atoms with Gasteiger partial charge in [-0.05, 0) is 33.2 Å². The highest BCUT2D eigenvalue weighted by Crippen LogP contribution is 2.24. The minimum atomic E-state index is -0.683. The van der Waals surface area contributed by atoms with Crippen LogP contribution in [0.25, 0.3) is 0 Å². The van der Waals surface area contributed by atoms with E-state index in [1.807, 2.05) is 6.92 Å². The lowest BCUT2D eigenvalue weighted by molar-refractivity contribution is 0.0396. The molecule has 3 N–H and O–H groups in total. The van der Waals surface area contributed by atoms with Crippen molar-refractivity contribution >= 4 is 0 Å². The Morgan fingerprint density at radius 1 is 1.54 bits per heavy atom. The number of aliphatic hydroxyl groups is 1. The maximum Gasteiger partial charge on any atom is 0.0753 e. The summed E-state index contributed by atoms with van der Waals surface area (Å²) in [4.78, 5) is 2.34. The highest BCUT2D eigenvalue weighted by molar-refractivity contribution is 4.81. The predicted octanol–water partition coefficient (Wildman–Crippen LogP) is 0.570. The van der Waals surface area contributed by atoms with E-state index < -0.39 is 5.60 Å². The molecule has 13 heavy (non-hydrogen) atoms. The Kier molecular flexibility index (Phi) is 3.71. The van der Waals surface area contributed by atoms with Gasteiger partial charge in [0.1, 0.15) is 0 Å². The van der Waals surface area contributed by atoms with E-state index in [1.165, 1.54) is 19.3 Å². The summed E-state index contributed by atoms with van der Waals surface area (Å²) in [5.74, 6) is 0. The second-order valence-corrected chi connectivity index (χ2v) is 4.52. The first kappa shape index (κ1) is 11.0. The normalized spacial score (nSPS) is 22.8. The van der Waals surface area contributed by atoms with Crippen LogP contribution in [0.4, 0.5) is 0 Å². The fourth-order valence-electron chi connectivity index (χ4n) is 1.53. The van der Waals surface area contributed by atoms with Crippen LogP contribution in [0.5, 0.6) is 0 Å². The van der Waals surface area contributed by atoms with Crippen molar-refractivity contribution in [1.82, 2.24) is 4.90 Å². The number of nitrogens with two attached hydrogens (primary N) is 1. The van der Waals surface area contributed by atoms with Crippen LogP contribution >= 0.6 is 0 Å². The molecular formula is C10H22N2O. The highest BCUT2D eigenvalue weighted by Gasteiger charge is 2.24. The molecule has 0 saturated heterocycles. The van der Waals surface area contributed by atoms with Crippen molar-refractivity contribution in [2.45, 2.75) is 44.2 Å². The van der Waals surface area contributed by atoms with Crippen molar-refractivity contribution in [1.29, 1.82) is 0 Å². The number of rotatable bonds is 5. The third-order valence-corrected chi connectivity index (χ3v) is 3.14. The zero-order valence-corrected chi connectivity index (χ0v) is 8.79. The molecule has 0 amide bonds. The molecule has 0 spiro atoms. The lowest BCUT2D eigenvalue weighted by atomic mass is 9.91. The highest BCUT2D eigenvalue weighted by atomic mass is 16.3. The van der Waals surface area contributed by atoms with E-state index in [0.717, 1.165) is 19.0 Å². The topological polar surface area (TPSA) is 49.5 Å². The standard InChI is InChI=1S/C10H22N2O/c1-10(13,8-11)6-7-12(2)9-4-3-5-9/h9,13H,3-8,11H2,1-2H3. The molecule has 1 fully saturated rings. The van der Waals surface area contributed by atoms with E-state index in [1.54, 1.807) is 0 Å². The average molecular weight is 186 g/mol. The molecule has 0 bridgehead atoms. The summed E-state index contributed by atoms with van der Waals surface area (Å²) in [6, 6.07) is 0.758. The fraction of sp³-hybridized carbons (Fsp3) is 1.00. The predicted molar refractivity (Wildman–Crippen MR) is 54.6 cm³/mol. The molecule has 0 aliphatic heterocycles. The molecule has 1 rings (SSSR count). The van der Waals surface area contributed by atoms with Crippen LogP contribution in [0.1, 0.15) is 32.6 Å². The fourth-order valence-corrected chi connectivity index (χ4v) is 1.53. The SMILES string of the molecule is CN(CCC(C)(O)CN)C1CCC1. The summed E-state index contributed by atoms with van der Waals surface area (Å²) in [5.41, 5.74) is 4.76. The van der Waals surface area contributed by atoms with Crippen molar-refractivity contribution in [2.75, 3.05) is 20.1 Å². The van der Waals surface area contributed by atoms with Crippen molar-refractivity contribution < 1.29 is 5.11 Å². The van der Waals surface area contributed by atoms with E-state index in [0.29, 0.717) is 6.54 Å². The van der Waals surface area contributed by atoms with Crippen LogP contribution in [-0.2, 0) is 0 Å². The van der Waals surface area contributed by atoms with Gasteiger partial charge in [-0.3, -0.25) is 0 Å². The van der Waals surface area contributed by atoms with Gasteiger partial charge in [-0.25, -0.2) is 0 Å². The minimum absolute atomic E-state index is 0.353. The molecule has 0 radical (unpaired) electrons. The van der Waals surface area contributed by atoms with E-state index in [4.69, 9.17) is 5.73 Å². The van der Waals surface area contributed by atoms with Gasteiger partial charge >= 0.3 is 0 Å². The monoisotopic (exact) mass is 186 g/mol. The van der Waals surface area contributed by atoms with Crippen molar-refractivity contribution in [3.05, 3.63) is 0 Å². The minimum Gasteiger partial charge on any atom is -0.389 e. The first-order chi connectivity index (χ1) is 6.05. The van der Waals surface area contributed by atoms with E-state index in [2.05, 4.69) is 11.9 Å². The van der Waals surface area contributed by atoms with Gasteiger partial charge in [0.25, 0.3) is 0 Å². The number of hydrogen-bond donors (Lipinski definition) is 2. The third-order valence-electron chi connectivity index (χ3n) is 3.14. The van der Waals surface area contributed by atoms with Crippen LogP contribution < -0.4 is 5.73 Å². The smallest absolute Gasteiger partial charge is 0.0753 e. The first-order valence-electron chi connectivity index (χ1n) is 5.18. The van der Waals surface area contributed by atoms with Gasteiger partial charge < -0.3 is 15.7 Å². The molecule has 1 aliphatic rings. The average Bonchev–Trinajstić information content (AvgIpc) is 1.98. The second kappa shape index (κ2) is 4.40. The summed E-state index contributed by atoms with van der Waals surface area (Å²) in [7, 11) is 2.14. The third kappa shape index (κ3) is 3.25. The molecule has 0 aromatic carbocycles. The zero-order valence-electron chi connectivity index (χ0n) is 8.79. The van der Waals surface area contributed by atoms with Gasteiger partial charge in [-0.15, -0.1) is 0 Å². The maximum atomic E-state index is 9.69. The Labute approximate surface area is 80.9 Å². The van der Waals surface area contributed by atoms with Crippen molar-refractivity contribution in [2.24, 2.45) is 5.73 Å². The van der Waals surface area contributed by atoms with Gasteiger partial charge in [0.05, 0.1) is 5.60 Å². The Morgan fingerprint density at radius 2 is 2.15 bits per heavy atom. The van der Waals surface area contributed by atoms with Crippen molar-refractivity contribution in [3.63, 3.8) is 0 Å². The molecule has 0 aromatic rings. The molecule has 3 nitrogen and oxygen atoms in total. The molecule has 0 heterocycles. The van der Waals surface area contributed by atoms with Crippen LogP contribution in [0.3, 0.4) is 0 Å². The quantitative estimate of drug-likeness (QED) is 0.660. The Hall–Kier alpha value is -0.120. The molecule has 3 heteroatoms. The lowest BCUT2D eigenvalue weighted by Crippen LogP contribution is -2.42. The van der Waals surface area contributed by atoms with Crippen LogP contribution in [0.15, 0.2) is 0 Å². The Morgan fingerprint density at radius 3 is 2.54 bits per heavy atom. The van der Waals surface area contributed by atoms with E-state index >= 15 is 0 Å². The zero-order chi connectivity index (χ0) is 9.90. The second-order valence-electron chi connectivity index (χ2n) is 4.52. The van der Waals surface area contributed by atoms with Gasteiger partial charge in [-0.2, -0.15) is 0 Å². The number of hydrogen-bond acceptors (Lipinski definition) is 3. The van der Waals surface area contributed by atoms with E-state index in [9.17, 15) is 5.11 Å². The summed E-state index contributed by atoms with van der Waals surface area (Å²) in [5, 5.41) is 9.69. The molecule has 0 aromatic heterocycles. The summed E-state index contributed by atoms with van der Waals surface area (Å²) in [6.07, 6.45) is 4.78. The molecule has 1 aliphatic carbocycles. The Bertz CT molecular complexity index is 155. The van der Waals surface area contributed by atoms with Crippen LogP contribution in [0.2, 0.25) is 0 Å². The molecule has 1 unspecified atom stereocenters. The van der Waals surface area contributed by atoms with Crippen molar-refractivity contribution in [3.8, 4) is 0 Å². The molecule has 78 valence electrons. The largest absolute Gasteiger partial charge is 0.389 e. The van der Waals surface area contributed by atoms with E-state index in [-0.39, 0.29) is 0 Å². The summed E-state index contributed by atoms with van der Waals surface area (Å²) in [6.45, 7) is 3.11. The lowest BCUT2D eigenvalue weighted by Gasteiger charge is -2.36. The Balaban J connectivity index is 2.17. The molecular weight excluding hydrogens is 164 g/mol. The first-order valence-corrected chi connectivity index (χ1v) is 5.18.